The lowest BCUT2D eigenvalue weighted by Crippen LogP contribution is -2.60. The fourth-order valence-corrected chi connectivity index (χ4v) is 2.17. The number of nitriles is 1. The van der Waals surface area contributed by atoms with Crippen LogP contribution in [0.5, 0.6) is 0 Å². The van der Waals surface area contributed by atoms with Crippen molar-refractivity contribution < 1.29 is 20.1 Å². The maximum absolute atomic E-state index is 12.2. The first kappa shape index (κ1) is 14.9. The van der Waals surface area contributed by atoms with Crippen molar-refractivity contribution in [3.05, 3.63) is 0 Å². The minimum absolute atomic E-state index is 0.480. The van der Waals surface area contributed by atoms with Gasteiger partial charge in [0.1, 0.15) is 11.0 Å². The molecule has 0 heterocycles. The Bertz CT molecular complexity index is 319. The van der Waals surface area contributed by atoms with Crippen LogP contribution in [0.2, 0.25) is 0 Å². The zero-order valence-electron chi connectivity index (χ0n) is 10.4. The van der Waals surface area contributed by atoms with E-state index in [1.54, 1.807) is 0 Å². The number of aliphatic hydroxyl groups excluding tert-OH is 3. The molecule has 0 atom stereocenters. The number of nitrogens with zero attached hydrogens (tertiary/aromatic N) is 1. The SMILES string of the molecule is N#CC1(C(=O)NC(CO)(CO)CO)CCCCC1. The van der Waals surface area contributed by atoms with E-state index in [2.05, 4.69) is 11.4 Å². The first-order valence-corrected chi connectivity index (χ1v) is 6.14. The number of amides is 1. The average Bonchev–Trinajstić information content (AvgIpc) is 2.45. The van der Waals surface area contributed by atoms with Crippen molar-refractivity contribution in [3.63, 3.8) is 0 Å². The number of nitrogens with one attached hydrogen (secondary N) is 1. The lowest BCUT2D eigenvalue weighted by atomic mass is 9.74. The fourth-order valence-electron chi connectivity index (χ4n) is 2.17. The molecule has 1 fully saturated rings. The molecule has 0 radical (unpaired) electrons. The molecule has 4 N–H and O–H groups in total. The third-order valence-electron chi connectivity index (χ3n) is 3.64. The van der Waals surface area contributed by atoms with Crippen LogP contribution in [0.3, 0.4) is 0 Å². The Morgan fingerprint density at radius 3 is 2.06 bits per heavy atom. The van der Waals surface area contributed by atoms with Gasteiger partial charge in [-0.15, -0.1) is 0 Å². The van der Waals surface area contributed by atoms with Gasteiger partial charge in [-0.25, -0.2) is 0 Å². The largest absolute Gasteiger partial charge is 0.394 e. The predicted molar refractivity (Wildman–Crippen MR) is 63.3 cm³/mol. The summed E-state index contributed by atoms with van der Waals surface area (Å²) < 4.78 is 0. The van der Waals surface area contributed by atoms with E-state index in [9.17, 15) is 10.1 Å². The molecule has 0 spiro atoms. The van der Waals surface area contributed by atoms with Crippen LogP contribution >= 0.6 is 0 Å². The summed E-state index contributed by atoms with van der Waals surface area (Å²) in [6.45, 7) is -1.73. The molecule has 102 valence electrons. The van der Waals surface area contributed by atoms with Crippen LogP contribution < -0.4 is 5.32 Å². The van der Waals surface area contributed by atoms with Gasteiger partial charge < -0.3 is 20.6 Å². The molecule has 1 rings (SSSR count). The van der Waals surface area contributed by atoms with Gasteiger partial charge >= 0.3 is 0 Å². The quantitative estimate of drug-likeness (QED) is 0.519. The van der Waals surface area contributed by atoms with Crippen molar-refractivity contribution in [1.29, 1.82) is 5.26 Å². The Morgan fingerprint density at radius 2 is 1.67 bits per heavy atom. The number of carbonyl (C=O) groups is 1. The summed E-state index contributed by atoms with van der Waals surface area (Å²) in [6.07, 6.45) is 3.58. The third-order valence-corrected chi connectivity index (χ3v) is 3.64. The molecule has 0 unspecified atom stereocenters. The van der Waals surface area contributed by atoms with Gasteiger partial charge in [-0.05, 0) is 12.8 Å². The van der Waals surface area contributed by atoms with Gasteiger partial charge in [-0.2, -0.15) is 5.26 Å². The maximum atomic E-state index is 12.2. The summed E-state index contributed by atoms with van der Waals surface area (Å²) in [5.74, 6) is -0.512. The van der Waals surface area contributed by atoms with Gasteiger partial charge in [0.2, 0.25) is 5.91 Å². The number of carbonyl (C=O) groups excluding carboxylic acids is 1. The first-order valence-electron chi connectivity index (χ1n) is 6.14. The summed E-state index contributed by atoms with van der Waals surface area (Å²) in [4.78, 5) is 12.2. The Hall–Kier alpha value is -1.16. The average molecular weight is 256 g/mol. The smallest absolute Gasteiger partial charge is 0.241 e. The lowest BCUT2D eigenvalue weighted by Gasteiger charge is -2.35. The first-order chi connectivity index (χ1) is 8.58. The second-order valence-electron chi connectivity index (χ2n) is 4.96. The van der Waals surface area contributed by atoms with Crippen molar-refractivity contribution in [2.45, 2.75) is 37.6 Å². The highest BCUT2D eigenvalue weighted by Gasteiger charge is 2.43. The van der Waals surface area contributed by atoms with E-state index in [1.807, 2.05) is 0 Å². The van der Waals surface area contributed by atoms with Crippen LogP contribution in [0.25, 0.3) is 0 Å². The highest BCUT2D eigenvalue weighted by Crippen LogP contribution is 2.36. The Balaban J connectivity index is 2.82. The molecule has 1 aliphatic rings. The van der Waals surface area contributed by atoms with Crippen LogP contribution in [-0.4, -0.2) is 46.6 Å². The minimum Gasteiger partial charge on any atom is -0.394 e. The van der Waals surface area contributed by atoms with Gasteiger partial charge in [0, 0.05) is 0 Å². The summed E-state index contributed by atoms with van der Waals surface area (Å²) in [5, 5.41) is 39.1. The van der Waals surface area contributed by atoms with Crippen LogP contribution in [0, 0.1) is 16.7 Å². The van der Waals surface area contributed by atoms with E-state index in [0.29, 0.717) is 12.8 Å². The molecular formula is C12H20N2O4. The van der Waals surface area contributed by atoms with Gasteiger partial charge in [0.15, 0.2) is 0 Å². The monoisotopic (exact) mass is 256 g/mol. The van der Waals surface area contributed by atoms with Crippen LogP contribution in [0.1, 0.15) is 32.1 Å². The minimum atomic E-state index is -1.46. The summed E-state index contributed by atoms with van der Waals surface area (Å²) in [5.41, 5.74) is -2.55. The molecule has 0 bridgehead atoms. The number of aliphatic hydroxyl groups is 3. The molecule has 1 amide bonds. The highest BCUT2D eigenvalue weighted by molar-refractivity contribution is 5.86. The topological polar surface area (TPSA) is 114 Å². The van der Waals surface area contributed by atoms with Crippen LogP contribution in [0.4, 0.5) is 0 Å². The summed E-state index contributed by atoms with van der Waals surface area (Å²) in [7, 11) is 0. The number of hydrogen-bond acceptors (Lipinski definition) is 5. The molecule has 0 aromatic rings. The van der Waals surface area contributed by atoms with Gasteiger partial charge in [0.05, 0.1) is 25.9 Å². The van der Waals surface area contributed by atoms with Gasteiger partial charge in [0.25, 0.3) is 0 Å². The maximum Gasteiger partial charge on any atom is 0.241 e. The zero-order valence-corrected chi connectivity index (χ0v) is 10.4. The highest BCUT2D eigenvalue weighted by atomic mass is 16.3. The molecule has 0 aromatic heterocycles. The molecule has 18 heavy (non-hydrogen) atoms. The van der Waals surface area contributed by atoms with E-state index in [-0.39, 0.29) is 0 Å². The molecule has 0 aromatic carbocycles. The Kier molecular flexibility index (Phi) is 5.08. The van der Waals surface area contributed by atoms with Crippen molar-refractivity contribution in [2.24, 2.45) is 5.41 Å². The molecule has 0 aliphatic heterocycles. The lowest BCUT2D eigenvalue weighted by molar-refractivity contribution is -0.134. The van der Waals surface area contributed by atoms with Crippen molar-refractivity contribution in [3.8, 4) is 6.07 Å². The summed E-state index contributed by atoms with van der Waals surface area (Å²) in [6, 6.07) is 2.06. The Labute approximate surface area is 106 Å². The second-order valence-corrected chi connectivity index (χ2v) is 4.96. The molecular weight excluding hydrogens is 236 g/mol. The van der Waals surface area contributed by atoms with Gasteiger partial charge in [-0.3, -0.25) is 4.79 Å². The molecule has 1 aliphatic carbocycles. The number of hydrogen-bond donors (Lipinski definition) is 4. The normalized spacial score (nSPS) is 19.0. The number of rotatable bonds is 5. The summed E-state index contributed by atoms with van der Waals surface area (Å²) >= 11 is 0. The molecule has 6 heteroatoms. The van der Waals surface area contributed by atoms with Crippen LogP contribution in [0.15, 0.2) is 0 Å². The Morgan fingerprint density at radius 1 is 1.17 bits per heavy atom. The standard InChI is InChI=1S/C12H20N2O4/c13-6-11(4-2-1-3-5-11)10(18)14-12(7-15,8-16)9-17/h15-17H,1-5,7-9H2,(H,14,18). The van der Waals surface area contributed by atoms with Crippen LogP contribution in [-0.2, 0) is 4.79 Å². The van der Waals surface area contributed by atoms with Crippen molar-refractivity contribution in [1.82, 2.24) is 5.32 Å². The molecule has 0 saturated heterocycles. The molecule has 1 saturated carbocycles. The van der Waals surface area contributed by atoms with Gasteiger partial charge in [-0.1, -0.05) is 19.3 Å². The van der Waals surface area contributed by atoms with E-state index in [0.717, 1.165) is 19.3 Å². The predicted octanol–water partition coefficient (Wildman–Crippen LogP) is -0.708. The molecule has 6 nitrogen and oxygen atoms in total. The van der Waals surface area contributed by atoms with E-state index >= 15 is 0 Å². The van der Waals surface area contributed by atoms with Crippen molar-refractivity contribution in [2.75, 3.05) is 19.8 Å². The van der Waals surface area contributed by atoms with Crippen molar-refractivity contribution >= 4 is 5.91 Å². The third kappa shape index (κ3) is 2.80. The van der Waals surface area contributed by atoms with E-state index in [4.69, 9.17) is 15.3 Å². The van der Waals surface area contributed by atoms with E-state index < -0.39 is 36.7 Å². The fraction of sp³-hybridized carbons (Fsp3) is 0.833. The van der Waals surface area contributed by atoms with E-state index in [1.165, 1.54) is 0 Å². The second kappa shape index (κ2) is 6.14. The zero-order chi connectivity index (χ0) is 13.6.